The number of piperidine rings is 1. The van der Waals surface area contributed by atoms with Crippen LogP contribution in [0.3, 0.4) is 0 Å². The fourth-order valence-electron chi connectivity index (χ4n) is 3.23. The normalized spacial score (nSPS) is 18.7. The highest BCUT2D eigenvalue weighted by molar-refractivity contribution is 5.67. The van der Waals surface area contributed by atoms with Crippen LogP contribution in [0.5, 0.6) is 5.75 Å². The number of nitrogens with zero attached hydrogens (tertiary/aromatic N) is 1. The Morgan fingerprint density at radius 2 is 1.87 bits per heavy atom. The van der Waals surface area contributed by atoms with Crippen molar-refractivity contribution >= 4 is 0 Å². The Morgan fingerprint density at radius 1 is 1.04 bits per heavy atom. The first-order valence-corrected chi connectivity index (χ1v) is 7.95. The van der Waals surface area contributed by atoms with E-state index >= 15 is 0 Å². The molecule has 0 aliphatic carbocycles. The summed E-state index contributed by atoms with van der Waals surface area (Å²) in [4.78, 5) is 0. The highest BCUT2D eigenvalue weighted by Gasteiger charge is 2.38. The van der Waals surface area contributed by atoms with E-state index in [0.717, 1.165) is 48.4 Å². The molecule has 23 heavy (non-hydrogen) atoms. The van der Waals surface area contributed by atoms with Gasteiger partial charge >= 0.3 is 0 Å². The van der Waals surface area contributed by atoms with E-state index in [4.69, 9.17) is 14.7 Å². The zero-order valence-electron chi connectivity index (χ0n) is 12.8. The van der Waals surface area contributed by atoms with E-state index in [2.05, 4.69) is 23.5 Å². The van der Waals surface area contributed by atoms with Crippen LogP contribution in [0.2, 0.25) is 0 Å². The van der Waals surface area contributed by atoms with Crippen molar-refractivity contribution in [3.8, 4) is 22.9 Å². The van der Waals surface area contributed by atoms with Crippen molar-refractivity contribution in [1.82, 2.24) is 5.32 Å². The molecule has 1 fully saturated rings. The van der Waals surface area contributed by atoms with Gasteiger partial charge in [0.25, 0.3) is 0 Å². The van der Waals surface area contributed by atoms with Gasteiger partial charge in [-0.2, -0.15) is 5.26 Å². The molecule has 0 atom stereocenters. The lowest BCUT2D eigenvalue weighted by Gasteiger charge is -2.41. The first-order valence-electron chi connectivity index (χ1n) is 7.95. The number of fused-ring (bicyclic) bond motifs is 1. The summed E-state index contributed by atoms with van der Waals surface area (Å²) in [5, 5.41) is 12.4. The fourth-order valence-corrected chi connectivity index (χ4v) is 3.23. The monoisotopic (exact) mass is 306 g/mol. The van der Waals surface area contributed by atoms with Crippen LogP contribution in [0, 0.1) is 11.3 Å². The van der Waals surface area contributed by atoms with Gasteiger partial charge in [-0.05, 0) is 35.4 Å². The quantitative estimate of drug-likeness (QED) is 0.879. The molecule has 0 unspecified atom stereocenters. The molecular formula is C19H18N2O2. The van der Waals surface area contributed by atoms with E-state index in [-0.39, 0.29) is 0 Å². The number of rotatable bonds is 1. The van der Waals surface area contributed by atoms with Gasteiger partial charge in [0, 0.05) is 31.5 Å². The number of benzene rings is 2. The fraction of sp³-hybridized carbons (Fsp3) is 0.316. The first-order chi connectivity index (χ1) is 11.3. The maximum absolute atomic E-state index is 9.05. The summed E-state index contributed by atoms with van der Waals surface area (Å²) >= 11 is 0. The second-order valence-corrected chi connectivity index (χ2v) is 6.07. The van der Waals surface area contributed by atoms with E-state index in [9.17, 15) is 0 Å². The minimum absolute atomic E-state index is 0.458. The lowest BCUT2D eigenvalue weighted by molar-refractivity contribution is -0.218. The van der Waals surface area contributed by atoms with Gasteiger partial charge in [0.05, 0.1) is 18.2 Å². The first kappa shape index (κ1) is 14.3. The lowest BCUT2D eigenvalue weighted by atomic mass is 9.99. The van der Waals surface area contributed by atoms with E-state index < -0.39 is 5.79 Å². The third-order valence-electron chi connectivity index (χ3n) is 4.54. The van der Waals surface area contributed by atoms with Gasteiger partial charge in [-0.1, -0.05) is 18.2 Å². The van der Waals surface area contributed by atoms with E-state index in [1.54, 1.807) is 0 Å². The zero-order chi connectivity index (χ0) is 15.7. The smallest absolute Gasteiger partial charge is 0.213 e. The Hall–Kier alpha value is -2.35. The van der Waals surface area contributed by atoms with Crippen LogP contribution in [0.25, 0.3) is 11.1 Å². The summed E-state index contributed by atoms with van der Waals surface area (Å²) in [5.41, 5.74) is 3.85. The maximum Gasteiger partial charge on any atom is 0.213 e. The second-order valence-electron chi connectivity index (χ2n) is 6.07. The molecule has 4 rings (SSSR count). The van der Waals surface area contributed by atoms with Crippen LogP contribution in [0.4, 0.5) is 0 Å². The summed E-state index contributed by atoms with van der Waals surface area (Å²) in [6.45, 7) is 2.42. The summed E-state index contributed by atoms with van der Waals surface area (Å²) in [6, 6.07) is 16.0. The van der Waals surface area contributed by atoms with Crippen LogP contribution in [0.1, 0.15) is 24.0 Å². The molecule has 2 aromatic rings. The van der Waals surface area contributed by atoms with Crippen LogP contribution in [-0.2, 0) is 11.3 Å². The predicted molar refractivity (Wildman–Crippen MR) is 86.8 cm³/mol. The Bertz CT molecular complexity index is 773. The van der Waals surface area contributed by atoms with E-state index in [1.165, 1.54) is 0 Å². The number of hydrogen-bond acceptors (Lipinski definition) is 4. The van der Waals surface area contributed by atoms with Gasteiger partial charge in [-0.3, -0.25) is 0 Å². The van der Waals surface area contributed by atoms with Crippen molar-refractivity contribution in [3.05, 3.63) is 53.6 Å². The largest absolute Gasteiger partial charge is 0.462 e. The molecule has 2 aliphatic rings. The maximum atomic E-state index is 9.05. The van der Waals surface area contributed by atoms with E-state index in [0.29, 0.717) is 12.2 Å². The molecular weight excluding hydrogens is 288 g/mol. The van der Waals surface area contributed by atoms with Crippen LogP contribution < -0.4 is 10.1 Å². The average molecular weight is 306 g/mol. The van der Waals surface area contributed by atoms with Gasteiger partial charge in [0.15, 0.2) is 0 Å². The molecule has 1 spiro atoms. The molecule has 2 aromatic carbocycles. The second kappa shape index (κ2) is 5.69. The van der Waals surface area contributed by atoms with Crippen molar-refractivity contribution in [3.63, 3.8) is 0 Å². The number of ether oxygens (including phenoxy) is 2. The van der Waals surface area contributed by atoms with Crippen LogP contribution in [0.15, 0.2) is 42.5 Å². The van der Waals surface area contributed by atoms with Gasteiger partial charge in [-0.15, -0.1) is 0 Å². The van der Waals surface area contributed by atoms with E-state index in [1.807, 2.05) is 30.3 Å². The molecule has 0 saturated carbocycles. The van der Waals surface area contributed by atoms with Gasteiger partial charge < -0.3 is 14.8 Å². The van der Waals surface area contributed by atoms with Crippen molar-refractivity contribution in [1.29, 1.82) is 5.26 Å². The summed E-state index contributed by atoms with van der Waals surface area (Å²) in [7, 11) is 0. The minimum Gasteiger partial charge on any atom is -0.462 e. The molecule has 1 N–H and O–H groups in total. The lowest BCUT2D eigenvalue weighted by Crippen LogP contribution is -2.49. The Labute approximate surface area is 135 Å². The third-order valence-corrected chi connectivity index (χ3v) is 4.54. The standard InChI is InChI=1S/C19H18N2O2/c20-12-14-2-1-3-15(10-14)16-4-5-18-17(11-16)13-22-19(23-18)6-8-21-9-7-19/h1-5,10-11,21H,6-9,13H2. The van der Waals surface area contributed by atoms with Crippen molar-refractivity contribution < 1.29 is 9.47 Å². The SMILES string of the molecule is N#Cc1cccc(-c2ccc3c(c2)COC2(CCNCC2)O3)c1. The topological polar surface area (TPSA) is 54.3 Å². The highest BCUT2D eigenvalue weighted by Crippen LogP contribution is 2.38. The Kier molecular flexibility index (Phi) is 3.53. The predicted octanol–water partition coefficient (Wildman–Crippen LogP) is 3.21. The summed E-state index contributed by atoms with van der Waals surface area (Å²) < 4.78 is 12.2. The molecule has 2 heterocycles. The molecule has 1 saturated heterocycles. The molecule has 4 heteroatoms. The van der Waals surface area contributed by atoms with Crippen molar-refractivity contribution in [2.24, 2.45) is 0 Å². The van der Waals surface area contributed by atoms with Gasteiger partial charge in [-0.25, -0.2) is 0 Å². The average Bonchev–Trinajstić information content (AvgIpc) is 2.62. The molecule has 0 radical (unpaired) electrons. The third kappa shape index (κ3) is 2.70. The van der Waals surface area contributed by atoms with Crippen molar-refractivity contribution in [2.75, 3.05) is 13.1 Å². The Morgan fingerprint density at radius 3 is 2.70 bits per heavy atom. The number of nitrogens with one attached hydrogen (secondary N) is 1. The van der Waals surface area contributed by atoms with Gasteiger partial charge in [0.1, 0.15) is 5.75 Å². The highest BCUT2D eigenvalue weighted by atomic mass is 16.7. The summed E-state index contributed by atoms with van der Waals surface area (Å²) in [5.74, 6) is 0.457. The molecule has 0 amide bonds. The zero-order valence-corrected chi connectivity index (χ0v) is 12.8. The van der Waals surface area contributed by atoms with Gasteiger partial charge in [0.2, 0.25) is 5.79 Å². The molecule has 2 aliphatic heterocycles. The number of hydrogen-bond donors (Lipinski definition) is 1. The van der Waals surface area contributed by atoms with Crippen molar-refractivity contribution in [2.45, 2.75) is 25.2 Å². The summed E-state index contributed by atoms with van der Waals surface area (Å²) in [6.07, 6.45) is 1.75. The molecule has 116 valence electrons. The van der Waals surface area contributed by atoms with Crippen LogP contribution in [-0.4, -0.2) is 18.9 Å². The van der Waals surface area contributed by atoms with Crippen LogP contribution >= 0.6 is 0 Å². The molecule has 0 bridgehead atoms. The minimum atomic E-state index is -0.458. The molecule has 4 nitrogen and oxygen atoms in total. The number of nitriles is 1. The Balaban J connectivity index is 1.64. The molecule has 0 aromatic heterocycles.